The SMILES string of the molecule is N#CCOc1ccc(CNc2ccsc2)cc1. The lowest BCUT2D eigenvalue weighted by Crippen LogP contribution is -1.98. The molecule has 1 heterocycles. The highest BCUT2D eigenvalue weighted by atomic mass is 32.1. The largest absolute Gasteiger partial charge is 0.479 e. The molecule has 0 aliphatic heterocycles. The second-order valence-corrected chi connectivity index (χ2v) is 4.24. The summed E-state index contributed by atoms with van der Waals surface area (Å²) in [5.74, 6) is 0.728. The first-order valence-electron chi connectivity index (χ1n) is 5.23. The van der Waals surface area contributed by atoms with E-state index in [1.165, 1.54) is 5.56 Å². The van der Waals surface area contributed by atoms with E-state index in [9.17, 15) is 0 Å². The summed E-state index contributed by atoms with van der Waals surface area (Å²) in [5.41, 5.74) is 2.32. The van der Waals surface area contributed by atoms with Crippen molar-refractivity contribution in [2.75, 3.05) is 11.9 Å². The van der Waals surface area contributed by atoms with Crippen LogP contribution >= 0.6 is 11.3 Å². The summed E-state index contributed by atoms with van der Waals surface area (Å²) in [4.78, 5) is 0. The van der Waals surface area contributed by atoms with E-state index in [4.69, 9.17) is 10.00 Å². The number of thiophene rings is 1. The van der Waals surface area contributed by atoms with E-state index in [-0.39, 0.29) is 6.61 Å². The number of nitrogens with one attached hydrogen (secondary N) is 1. The second kappa shape index (κ2) is 5.92. The highest BCUT2D eigenvalue weighted by Gasteiger charge is 1.96. The highest BCUT2D eigenvalue weighted by molar-refractivity contribution is 7.08. The van der Waals surface area contributed by atoms with Crippen LogP contribution in [0.25, 0.3) is 0 Å². The molecule has 0 saturated carbocycles. The third-order valence-electron chi connectivity index (χ3n) is 2.24. The van der Waals surface area contributed by atoms with Crippen molar-refractivity contribution in [3.8, 4) is 11.8 Å². The van der Waals surface area contributed by atoms with Crippen molar-refractivity contribution in [2.45, 2.75) is 6.54 Å². The van der Waals surface area contributed by atoms with Gasteiger partial charge in [0.1, 0.15) is 11.8 Å². The lowest BCUT2D eigenvalue weighted by atomic mass is 10.2. The summed E-state index contributed by atoms with van der Waals surface area (Å²) >= 11 is 1.67. The number of hydrogen-bond acceptors (Lipinski definition) is 4. The zero-order valence-electron chi connectivity index (χ0n) is 9.22. The Bertz CT molecular complexity index is 485. The molecule has 0 unspecified atom stereocenters. The molecule has 0 saturated heterocycles. The van der Waals surface area contributed by atoms with Gasteiger partial charge in [-0.15, -0.1) is 0 Å². The van der Waals surface area contributed by atoms with Gasteiger partial charge in [-0.25, -0.2) is 0 Å². The molecule has 0 amide bonds. The Labute approximate surface area is 104 Å². The van der Waals surface area contributed by atoms with Crippen LogP contribution in [-0.4, -0.2) is 6.61 Å². The van der Waals surface area contributed by atoms with Crippen LogP contribution in [0.15, 0.2) is 41.1 Å². The number of nitrogens with zero attached hydrogens (tertiary/aromatic N) is 1. The molecule has 0 spiro atoms. The molecular formula is C13H12N2OS. The Kier molecular flexibility index (Phi) is 4.00. The topological polar surface area (TPSA) is 45.0 Å². The van der Waals surface area contributed by atoms with E-state index >= 15 is 0 Å². The molecule has 0 fully saturated rings. The molecule has 2 rings (SSSR count). The van der Waals surface area contributed by atoms with Crippen molar-refractivity contribution in [1.29, 1.82) is 5.26 Å². The second-order valence-electron chi connectivity index (χ2n) is 3.46. The minimum absolute atomic E-state index is 0.0898. The third-order valence-corrected chi connectivity index (χ3v) is 2.93. The summed E-state index contributed by atoms with van der Waals surface area (Å²) in [6.45, 7) is 0.877. The lowest BCUT2D eigenvalue weighted by Gasteiger charge is -2.05. The molecule has 3 nitrogen and oxygen atoms in total. The highest BCUT2D eigenvalue weighted by Crippen LogP contribution is 2.15. The number of hydrogen-bond donors (Lipinski definition) is 1. The summed E-state index contributed by atoms with van der Waals surface area (Å²) in [6, 6.07) is 11.7. The number of benzene rings is 1. The number of rotatable bonds is 5. The fourth-order valence-corrected chi connectivity index (χ4v) is 2.00. The van der Waals surface area contributed by atoms with Gasteiger partial charge in [-0.05, 0) is 29.1 Å². The zero-order valence-corrected chi connectivity index (χ0v) is 10.0. The summed E-state index contributed by atoms with van der Waals surface area (Å²) in [7, 11) is 0. The molecular weight excluding hydrogens is 232 g/mol. The standard InChI is InChI=1S/C13H12N2OS/c14-6-7-16-13-3-1-11(2-4-13)9-15-12-5-8-17-10-12/h1-5,8,10,15H,7,9H2. The molecule has 1 aromatic heterocycles. The van der Waals surface area contributed by atoms with E-state index in [1.807, 2.05) is 35.7 Å². The van der Waals surface area contributed by atoms with Crippen molar-refractivity contribution in [2.24, 2.45) is 0 Å². The van der Waals surface area contributed by atoms with Crippen molar-refractivity contribution in [3.05, 3.63) is 46.7 Å². The average molecular weight is 244 g/mol. The van der Waals surface area contributed by atoms with Gasteiger partial charge in [-0.1, -0.05) is 12.1 Å². The van der Waals surface area contributed by atoms with Gasteiger partial charge in [-0.2, -0.15) is 16.6 Å². The minimum Gasteiger partial charge on any atom is -0.479 e. The van der Waals surface area contributed by atoms with Crippen LogP contribution in [-0.2, 0) is 6.54 Å². The maximum atomic E-state index is 8.39. The molecule has 4 heteroatoms. The molecule has 0 aliphatic carbocycles. The fourth-order valence-electron chi connectivity index (χ4n) is 1.39. The monoisotopic (exact) mass is 244 g/mol. The number of nitriles is 1. The Morgan fingerprint density at radius 1 is 1.24 bits per heavy atom. The van der Waals surface area contributed by atoms with E-state index in [0.29, 0.717) is 0 Å². The maximum absolute atomic E-state index is 8.39. The van der Waals surface area contributed by atoms with E-state index in [2.05, 4.69) is 16.8 Å². The van der Waals surface area contributed by atoms with Crippen LogP contribution in [0.1, 0.15) is 5.56 Å². The first-order valence-corrected chi connectivity index (χ1v) is 6.17. The molecule has 0 bridgehead atoms. The Balaban J connectivity index is 1.88. The molecule has 17 heavy (non-hydrogen) atoms. The van der Waals surface area contributed by atoms with Crippen LogP contribution in [0.2, 0.25) is 0 Å². The molecule has 0 aliphatic rings. The van der Waals surface area contributed by atoms with Crippen LogP contribution in [0, 0.1) is 11.3 Å². The first-order chi connectivity index (χ1) is 8.38. The quantitative estimate of drug-likeness (QED) is 0.878. The summed E-state index contributed by atoms with van der Waals surface area (Å²) in [5, 5.41) is 15.8. The molecule has 86 valence electrons. The Morgan fingerprint density at radius 3 is 2.71 bits per heavy atom. The van der Waals surface area contributed by atoms with E-state index in [1.54, 1.807) is 11.3 Å². The zero-order chi connectivity index (χ0) is 11.9. The van der Waals surface area contributed by atoms with Gasteiger partial charge in [0, 0.05) is 17.6 Å². The lowest BCUT2D eigenvalue weighted by molar-refractivity contribution is 0.368. The number of ether oxygens (including phenoxy) is 1. The minimum atomic E-state index is 0.0898. The van der Waals surface area contributed by atoms with Crippen molar-refractivity contribution >= 4 is 17.0 Å². The summed E-state index contributed by atoms with van der Waals surface area (Å²) in [6.07, 6.45) is 0. The van der Waals surface area contributed by atoms with Crippen LogP contribution in [0.4, 0.5) is 5.69 Å². The summed E-state index contributed by atoms with van der Waals surface area (Å²) < 4.78 is 5.18. The van der Waals surface area contributed by atoms with E-state index in [0.717, 1.165) is 18.0 Å². The number of anilines is 1. The molecule has 1 aromatic carbocycles. The Morgan fingerprint density at radius 2 is 2.06 bits per heavy atom. The molecule has 1 N–H and O–H groups in total. The van der Waals surface area contributed by atoms with Gasteiger partial charge in [0.15, 0.2) is 6.61 Å². The van der Waals surface area contributed by atoms with Crippen LogP contribution in [0.5, 0.6) is 5.75 Å². The van der Waals surface area contributed by atoms with Crippen molar-refractivity contribution in [1.82, 2.24) is 0 Å². The van der Waals surface area contributed by atoms with Crippen LogP contribution < -0.4 is 10.1 Å². The Hall–Kier alpha value is -1.99. The van der Waals surface area contributed by atoms with Gasteiger partial charge in [0.25, 0.3) is 0 Å². The van der Waals surface area contributed by atoms with Gasteiger partial charge < -0.3 is 10.1 Å². The van der Waals surface area contributed by atoms with E-state index < -0.39 is 0 Å². The van der Waals surface area contributed by atoms with Gasteiger partial charge in [0.2, 0.25) is 0 Å². The van der Waals surface area contributed by atoms with Gasteiger partial charge >= 0.3 is 0 Å². The average Bonchev–Trinajstić information content (AvgIpc) is 2.88. The predicted molar refractivity (Wildman–Crippen MR) is 69.2 cm³/mol. The van der Waals surface area contributed by atoms with Gasteiger partial charge in [-0.3, -0.25) is 0 Å². The predicted octanol–water partition coefficient (Wildman–Crippen LogP) is 3.26. The molecule has 2 aromatic rings. The normalized spacial score (nSPS) is 9.59. The van der Waals surface area contributed by atoms with Crippen molar-refractivity contribution < 1.29 is 4.74 Å². The first kappa shape index (κ1) is 11.5. The molecule has 0 radical (unpaired) electrons. The van der Waals surface area contributed by atoms with Crippen LogP contribution in [0.3, 0.4) is 0 Å². The van der Waals surface area contributed by atoms with Crippen molar-refractivity contribution in [3.63, 3.8) is 0 Å². The third kappa shape index (κ3) is 3.51. The maximum Gasteiger partial charge on any atom is 0.174 e. The molecule has 0 atom stereocenters. The fraction of sp³-hybridized carbons (Fsp3) is 0.154. The smallest absolute Gasteiger partial charge is 0.174 e. The van der Waals surface area contributed by atoms with Gasteiger partial charge in [0.05, 0.1) is 0 Å².